The minimum atomic E-state index is -0.351. The monoisotopic (exact) mass is 363 g/mol. The van der Waals surface area contributed by atoms with Crippen molar-refractivity contribution < 1.29 is 19.0 Å². The van der Waals surface area contributed by atoms with Gasteiger partial charge in [-0.05, 0) is 13.8 Å². The van der Waals surface area contributed by atoms with E-state index in [9.17, 15) is 4.79 Å². The van der Waals surface area contributed by atoms with Crippen molar-refractivity contribution in [1.29, 1.82) is 0 Å². The molecule has 0 amide bonds. The fraction of sp³-hybridized carbons (Fsp3) is 0.267. The van der Waals surface area contributed by atoms with E-state index in [0.717, 1.165) is 16.0 Å². The van der Waals surface area contributed by atoms with Gasteiger partial charge < -0.3 is 19.5 Å². The zero-order chi connectivity index (χ0) is 16.7. The second-order valence-electron chi connectivity index (χ2n) is 4.97. The number of aromatic nitrogens is 2. The molecule has 0 atom stereocenters. The summed E-state index contributed by atoms with van der Waals surface area (Å²) in [5.74, 6) is 1.08. The van der Waals surface area contributed by atoms with E-state index in [1.807, 2.05) is 12.1 Å². The first-order chi connectivity index (χ1) is 11.6. The number of ether oxygens (including phenoxy) is 3. The molecule has 1 aliphatic heterocycles. The summed E-state index contributed by atoms with van der Waals surface area (Å²) < 4.78 is 16.8. The van der Waals surface area contributed by atoms with Crippen LogP contribution in [0.3, 0.4) is 0 Å². The van der Waals surface area contributed by atoms with Crippen LogP contribution in [0.1, 0.15) is 22.3 Å². The van der Waals surface area contributed by atoms with Gasteiger partial charge in [-0.15, -0.1) is 0 Å². The van der Waals surface area contributed by atoms with Crippen LogP contribution < -0.4 is 14.8 Å². The van der Waals surface area contributed by atoms with Crippen LogP contribution in [0.2, 0.25) is 0 Å². The first-order valence-corrected chi connectivity index (χ1v) is 8.89. The lowest BCUT2D eigenvalue weighted by Crippen LogP contribution is -2.03. The second-order valence-corrected chi connectivity index (χ2v) is 7.00. The molecule has 9 heteroatoms. The molecule has 3 aromatic rings. The Labute approximate surface area is 145 Å². The molecule has 0 aliphatic carbocycles. The van der Waals surface area contributed by atoms with E-state index < -0.39 is 0 Å². The van der Waals surface area contributed by atoms with Crippen LogP contribution in [0.5, 0.6) is 11.5 Å². The number of carbonyl (C=O) groups is 1. The lowest BCUT2D eigenvalue weighted by molar-refractivity contribution is 0.0531. The van der Waals surface area contributed by atoms with Crippen molar-refractivity contribution in [3.05, 3.63) is 22.7 Å². The maximum Gasteiger partial charge on any atom is 0.350 e. The highest BCUT2D eigenvalue weighted by atomic mass is 32.1. The van der Waals surface area contributed by atoms with Crippen molar-refractivity contribution in [2.45, 2.75) is 13.8 Å². The summed E-state index contributed by atoms with van der Waals surface area (Å²) in [6, 6.07) is 3.77. The Bertz CT molecular complexity index is 893. The molecular weight excluding hydrogens is 350 g/mol. The lowest BCUT2D eigenvalue weighted by Gasteiger charge is -1.97. The van der Waals surface area contributed by atoms with Crippen molar-refractivity contribution in [3.8, 4) is 11.5 Å². The highest BCUT2D eigenvalue weighted by molar-refractivity contribution is 7.23. The first-order valence-electron chi connectivity index (χ1n) is 7.26. The zero-order valence-corrected chi connectivity index (χ0v) is 14.5. The normalized spacial score (nSPS) is 12.6. The average Bonchev–Trinajstić information content (AvgIpc) is 3.22. The van der Waals surface area contributed by atoms with E-state index >= 15 is 0 Å². The number of thiazole rings is 2. The predicted molar refractivity (Wildman–Crippen MR) is 91.8 cm³/mol. The van der Waals surface area contributed by atoms with E-state index in [0.29, 0.717) is 33.2 Å². The molecule has 0 spiro atoms. The molecule has 2 aromatic heterocycles. The van der Waals surface area contributed by atoms with Crippen molar-refractivity contribution in [2.75, 3.05) is 18.7 Å². The number of nitrogens with zero attached hydrogens (tertiary/aromatic N) is 2. The molecule has 1 N–H and O–H groups in total. The number of benzene rings is 1. The Morgan fingerprint density at radius 1 is 1.25 bits per heavy atom. The van der Waals surface area contributed by atoms with E-state index in [1.165, 1.54) is 22.7 Å². The van der Waals surface area contributed by atoms with Crippen molar-refractivity contribution in [3.63, 3.8) is 0 Å². The third-order valence-electron chi connectivity index (χ3n) is 3.35. The maximum atomic E-state index is 11.9. The van der Waals surface area contributed by atoms with Crippen molar-refractivity contribution in [1.82, 2.24) is 9.97 Å². The van der Waals surface area contributed by atoms with Crippen molar-refractivity contribution >= 4 is 49.1 Å². The molecule has 0 bridgehead atoms. The number of esters is 1. The molecule has 3 heterocycles. The predicted octanol–water partition coefficient (Wildman–Crippen LogP) is 3.71. The molecule has 0 fully saturated rings. The van der Waals surface area contributed by atoms with Gasteiger partial charge in [0.2, 0.25) is 6.79 Å². The molecule has 0 unspecified atom stereocenters. The van der Waals surface area contributed by atoms with Gasteiger partial charge in [-0.1, -0.05) is 22.7 Å². The van der Waals surface area contributed by atoms with Crippen LogP contribution in [0.25, 0.3) is 10.2 Å². The van der Waals surface area contributed by atoms with Gasteiger partial charge in [0.15, 0.2) is 21.8 Å². The molecular formula is C15H13N3O4S2. The van der Waals surface area contributed by atoms with Crippen LogP contribution >= 0.6 is 22.7 Å². The van der Waals surface area contributed by atoms with Crippen LogP contribution in [-0.2, 0) is 4.74 Å². The topological polar surface area (TPSA) is 82.6 Å². The van der Waals surface area contributed by atoms with Gasteiger partial charge in [0, 0.05) is 12.1 Å². The molecule has 124 valence electrons. The van der Waals surface area contributed by atoms with E-state index in [-0.39, 0.29) is 12.8 Å². The van der Waals surface area contributed by atoms with Gasteiger partial charge in [0.1, 0.15) is 4.88 Å². The molecule has 24 heavy (non-hydrogen) atoms. The Kier molecular flexibility index (Phi) is 3.73. The highest BCUT2D eigenvalue weighted by Gasteiger charge is 2.19. The van der Waals surface area contributed by atoms with Gasteiger partial charge in [-0.25, -0.2) is 14.8 Å². The number of aryl methyl sites for hydroxylation is 1. The SMILES string of the molecule is CCOC(=O)c1sc(Nc2nc3cc4c(cc3s2)OCO4)nc1C. The second kappa shape index (κ2) is 5.91. The maximum absolute atomic E-state index is 11.9. The average molecular weight is 363 g/mol. The van der Waals surface area contributed by atoms with Gasteiger partial charge >= 0.3 is 5.97 Å². The first kappa shape index (κ1) is 15.2. The van der Waals surface area contributed by atoms with Crippen LogP contribution in [0.15, 0.2) is 12.1 Å². The number of hydrogen-bond donors (Lipinski definition) is 1. The molecule has 1 aromatic carbocycles. The minimum absolute atomic E-state index is 0.243. The summed E-state index contributed by atoms with van der Waals surface area (Å²) in [5, 5.41) is 4.45. The fourth-order valence-electron chi connectivity index (χ4n) is 2.30. The Morgan fingerprint density at radius 3 is 2.79 bits per heavy atom. The highest BCUT2D eigenvalue weighted by Crippen LogP contribution is 2.39. The van der Waals surface area contributed by atoms with Crippen LogP contribution in [0.4, 0.5) is 10.3 Å². The molecule has 0 saturated carbocycles. The van der Waals surface area contributed by atoms with Crippen molar-refractivity contribution in [2.24, 2.45) is 0 Å². The quantitative estimate of drug-likeness (QED) is 0.708. The van der Waals surface area contributed by atoms with Crippen LogP contribution in [0, 0.1) is 6.92 Å². The number of anilines is 2. The smallest absolute Gasteiger partial charge is 0.350 e. The number of carbonyl (C=O) groups excluding carboxylic acids is 1. The number of rotatable bonds is 4. The summed E-state index contributed by atoms with van der Waals surface area (Å²) in [5.41, 5.74) is 1.47. The minimum Gasteiger partial charge on any atom is -0.462 e. The Morgan fingerprint density at radius 2 is 2.00 bits per heavy atom. The van der Waals surface area contributed by atoms with E-state index in [4.69, 9.17) is 14.2 Å². The largest absolute Gasteiger partial charge is 0.462 e. The number of fused-ring (bicyclic) bond motifs is 2. The third kappa shape index (κ3) is 2.65. The fourth-order valence-corrected chi connectivity index (χ4v) is 4.10. The lowest BCUT2D eigenvalue weighted by atomic mass is 10.3. The van der Waals surface area contributed by atoms with Gasteiger partial charge in [0.25, 0.3) is 0 Å². The summed E-state index contributed by atoms with van der Waals surface area (Å²) in [6.45, 7) is 4.14. The standard InChI is InChI=1S/C15H13N3O4S2/c1-3-20-13(19)12-7(2)16-14(24-12)18-15-17-8-4-9-10(22-6-21-9)5-11(8)23-15/h4-5H,3,6H2,1-2H3,(H,16,17,18). The van der Waals surface area contributed by atoms with Gasteiger partial charge in [-0.3, -0.25) is 0 Å². The summed E-state index contributed by atoms with van der Waals surface area (Å²) in [4.78, 5) is 21.3. The van der Waals surface area contributed by atoms with Gasteiger partial charge in [-0.2, -0.15) is 0 Å². The Balaban J connectivity index is 1.60. The summed E-state index contributed by atoms with van der Waals surface area (Å²) in [6.07, 6.45) is 0. The molecule has 0 saturated heterocycles. The molecule has 1 aliphatic rings. The molecule has 7 nitrogen and oxygen atoms in total. The van der Waals surface area contributed by atoms with E-state index in [2.05, 4.69) is 15.3 Å². The molecule has 4 rings (SSSR count). The Hall–Kier alpha value is -2.39. The summed E-state index contributed by atoms with van der Waals surface area (Å²) >= 11 is 2.74. The zero-order valence-electron chi connectivity index (χ0n) is 12.9. The van der Waals surface area contributed by atoms with Crippen LogP contribution in [-0.4, -0.2) is 29.3 Å². The summed E-state index contributed by atoms with van der Waals surface area (Å²) in [7, 11) is 0. The third-order valence-corrected chi connectivity index (χ3v) is 5.34. The van der Waals surface area contributed by atoms with Gasteiger partial charge in [0.05, 0.1) is 22.5 Å². The number of hydrogen-bond acceptors (Lipinski definition) is 9. The van der Waals surface area contributed by atoms with E-state index in [1.54, 1.807) is 13.8 Å². The molecule has 0 radical (unpaired) electrons. The number of nitrogens with one attached hydrogen (secondary N) is 1.